The summed E-state index contributed by atoms with van der Waals surface area (Å²) in [4.78, 5) is 11.3. The summed E-state index contributed by atoms with van der Waals surface area (Å²) in [5.74, 6) is 0.196. The van der Waals surface area contributed by atoms with E-state index in [0.29, 0.717) is 5.56 Å². The quantitative estimate of drug-likeness (QED) is 0.716. The van der Waals surface area contributed by atoms with Gasteiger partial charge in [-0.05, 0) is 36.5 Å². The number of rotatable bonds is 1. The van der Waals surface area contributed by atoms with Crippen molar-refractivity contribution in [3.63, 3.8) is 0 Å². The number of carbonyl (C=O) groups excluding carboxylic acids is 1. The molecule has 15 heavy (non-hydrogen) atoms. The number of phenolic OH excluding ortho intramolecular Hbond substituents is 1. The summed E-state index contributed by atoms with van der Waals surface area (Å²) >= 11 is 0. The van der Waals surface area contributed by atoms with Crippen LogP contribution in [0.5, 0.6) is 5.75 Å². The second-order valence-electron chi connectivity index (χ2n) is 4.99. The molecule has 0 amide bonds. The molecule has 0 aromatic heterocycles. The predicted octanol–water partition coefficient (Wildman–Crippen LogP) is 3.20. The molecule has 0 saturated heterocycles. The van der Waals surface area contributed by atoms with Crippen molar-refractivity contribution in [2.45, 2.75) is 40.0 Å². The van der Waals surface area contributed by atoms with Crippen LogP contribution >= 0.6 is 0 Å². The highest BCUT2D eigenvalue weighted by Crippen LogP contribution is 2.32. The summed E-state index contributed by atoms with van der Waals surface area (Å²) < 4.78 is 0. The summed E-state index contributed by atoms with van der Waals surface area (Å²) in [7, 11) is 0. The minimum Gasteiger partial charge on any atom is -0.508 e. The Bertz CT molecular complexity index is 398. The third kappa shape index (κ3) is 2.38. The summed E-state index contributed by atoms with van der Waals surface area (Å²) in [6, 6.07) is 3.46. The summed E-state index contributed by atoms with van der Waals surface area (Å²) in [6.07, 6.45) is 0. The van der Waals surface area contributed by atoms with Gasteiger partial charge >= 0.3 is 0 Å². The van der Waals surface area contributed by atoms with Gasteiger partial charge in [0.1, 0.15) is 5.75 Å². The standard InChI is InChI=1S/C13H18O2/c1-8-6-11(13(3,4)5)12(15)7-10(8)9(2)14/h6-7,15H,1-5H3. The lowest BCUT2D eigenvalue weighted by molar-refractivity contribution is 0.101. The zero-order valence-electron chi connectivity index (χ0n) is 10.0. The predicted molar refractivity (Wildman–Crippen MR) is 61.5 cm³/mol. The third-order valence-corrected chi connectivity index (χ3v) is 2.53. The Kier molecular flexibility index (Phi) is 2.89. The molecule has 0 fully saturated rings. The fourth-order valence-electron chi connectivity index (χ4n) is 1.68. The van der Waals surface area contributed by atoms with Crippen molar-refractivity contribution in [1.29, 1.82) is 0 Å². The van der Waals surface area contributed by atoms with Crippen LogP contribution in [0, 0.1) is 6.92 Å². The Morgan fingerprint density at radius 2 is 1.80 bits per heavy atom. The lowest BCUT2D eigenvalue weighted by Gasteiger charge is -2.21. The molecule has 2 nitrogen and oxygen atoms in total. The Morgan fingerprint density at radius 1 is 1.27 bits per heavy atom. The molecule has 2 heteroatoms. The molecule has 0 saturated carbocycles. The SMILES string of the molecule is CC(=O)c1cc(O)c(C(C)(C)C)cc1C. The first-order chi connectivity index (χ1) is 6.73. The number of ketones is 1. The van der Waals surface area contributed by atoms with Crippen molar-refractivity contribution in [2.75, 3.05) is 0 Å². The molecule has 0 radical (unpaired) electrons. The number of benzene rings is 1. The van der Waals surface area contributed by atoms with Gasteiger partial charge in [-0.15, -0.1) is 0 Å². The molecule has 1 aromatic rings. The first-order valence-electron chi connectivity index (χ1n) is 5.08. The van der Waals surface area contributed by atoms with Crippen LogP contribution < -0.4 is 0 Å². The molecule has 0 aliphatic rings. The van der Waals surface area contributed by atoms with E-state index in [4.69, 9.17) is 0 Å². The molecule has 82 valence electrons. The molecule has 0 aliphatic carbocycles. The van der Waals surface area contributed by atoms with Gasteiger partial charge in [0, 0.05) is 5.56 Å². The Morgan fingerprint density at radius 3 is 2.20 bits per heavy atom. The van der Waals surface area contributed by atoms with Crippen LogP contribution in [0.3, 0.4) is 0 Å². The molecule has 0 spiro atoms. The van der Waals surface area contributed by atoms with Gasteiger partial charge in [-0.25, -0.2) is 0 Å². The van der Waals surface area contributed by atoms with Gasteiger partial charge in [0.05, 0.1) is 0 Å². The molecular formula is C13H18O2. The highest BCUT2D eigenvalue weighted by atomic mass is 16.3. The Balaban J connectivity index is 3.39. The van der Waals surface area contributed by atoms with Crippen molar-refractivity contribution < 1.29 is 9.90 Å². The van der Waals surface area contributed by atoms with Crippen LogP contribution in [-0.4, -0.2) is 10.9 Å². The molecule has 0 atom stereocenters. The number of phenols is 1. The summed E-state index contributed by atoms with van der Waals surface area (Å²) in [5, 5.41) is 9.85. The average Bonchev–Trinajstić information content (AvgIpc) is 2.06. The maximum Gasteiger partial charge on any atom is 0.160 e. The first kappa shape index (κ1) is 11.8. The normalized spacial score (nSPS) is 11.5. The van der Waals surface area contributed by atoms with Crippen LogP contribution in [0.4, 0.5) is 0 Å². The van der Waals surface area contributed by atoms with Crippen LogP contribution in [-0.2, 0) is 5.41 Å². The molecule has 0 bridgehead atoms. The second-order valence-corrected chi connectivity index (χ2v) is 4.99. The van der Waals surface area contributed by atoms with Crippen molar-refractivity contribution in [2.24, 2.45) is 0 Å². The number of aryl methyl sites for hydroxylation is 1. The highest BCUT2D eigenvalue weighted by Gasteiger charge is 2.20. The maximum absolute atomic E-state index is 11.3. The van der Waals surface area contributed by atoms with Gasteiger partial charge in [-0.2, -0.15) is 0 Å². The van der Waals surface area contributed by atoms with Crippen molar-refractivity contribution in [3.05, 3.63) is 28.8 Å². The average molecular weight is 206 g/mol. The monoisotopic (exact) mass is 206 g/mol. The van der Waals surface area contributed by atoms with Crippen molar-refractivity contribution in [1.82, 2.24) is 0 Å². The van der Waals surface area contributed by atoms with Crippen molar-refractivity contribution >= 4 is 5.78 Å². The number of carbonyl (C=O) groups is 1. The smallest absolute Gasteiger partial charge is 0.160 e. The lowest BCUT2D eigenvalue weighted by Crippen LogP contribution is -2.12. The zero-order valence-corrected chi connectivity index (χ0v) is 10.0. The number of hydrogen-bond donors (Lipinski definition) is 1. The lowest BCUT2D eigenvalue weighted by atomic mass is 9.84. The third-order valence-electron chi connectivity index (χ3n) is 2.53. The van der Waals surface area contributed by atoms with E-state index in [1.54, 1.807) is 6.07 Å². The minimum atomic E-state index is -0.107. The zero-order chi connectivity index (χ0) is 11.8. The van der Waals surface area contributed by atoms with Gasteiger partial charge in [0.2, 0.25) is 0 Å². The molecule has 1 N–H and O–H groups in total. The minimum absolute atomic E-state index is 0.0109. The number of Topliss-reactive ketones (excluding diaryl/α,β-unsaturated/α-hetero) is 1. The van der Waals surface area contributed by atoms with Crippen molar-refractivity contribution in [3.8, 4) is 5.75 Å². The van der Waals surface area contributed by atoms with Gasteiger partial charge in [0.25, 0.3) is 0 Å². The molecule has 0 aliphatic heterocycles. The fraction of sp³-hybridized carbons (Fsp3) is 0.462. The topological polar surface area (TPSA) is 37.3 Å². The van der Waals surface area contributed by atoms with E-state index < -0.39 is 0 Å². The fourth-order valence-corrected chi connectivity index (χ4v) is 1.68. The molecule has 0 heterocycles. The van der Waals surface area contributed by atoms with E-state index in [2.05, 4.69) is 0 Å². The van der Waals surface area contributed by atoms with Gasteiger partial charge in [-0.3, -0.25) is 4.79 Å². The van der Waals surface area contributed by atoms with E-state index in [9.17, 15) is 9.90 Å². The molecular weight excluding hydrogens is 188 g/mol. The van der Waals surface area contributed by atoms with E-state index in [1.807, 2.05) is 33.8 Å². The number of hydrogen-bond acceptors (Lipinski definition) is 2. The van der Waals surface area contributed by atoms with Gasteiger partial charge in [0.15, 0.2) is 5.78 Å². The van der Waals surface area contributed by atoms with E-state index in [0.717, 1.165) is 11.1 Å². The van der Waals surface area contributed by atoms with Crippen LogP contribution in [0.15, 0.2) is 12.1 Å². The van der Waals surface area contributed by atoms with E-state index >= 15 is 0 Å². The van der Waals surface area contributed by atoms with E-state index in [1.165, 1.54) is 6.92 Å². The van der Waals surface area contributed by atoms with Crippen LogP contribution in [0.25, 0.3) is 0 Å². The molecule has 1 aromatic carbocycles. The molecule has 1 rings (SSSR count). The maximum atomic E-state index is 11.3. The second kappa shape index (κ2) is 3.69. The van der Waals surface area contributed by atoms with Crippen LogP contribution in [0.2, 0.25) is 0 Å². The highest BCUT2D eigenvalue weighted by molar-refractivity contribution is 5.96. The van der Waals surface area contributed by atoms with Crippen LogP contribution in [0.1, 0.15) is 49.2 Å². The Labute approximate surface area is 90.9 Å². The first-order valence-corrected chi connectivity index (χ1v) is 5.08. The van der Waals surface area contributed by atoms with Gasteiger partial charge < -0.3 is 5.11 Å². The Hall–Kier alpha value is -1.31. The summed E-state index contributed by atoms with van der Waals surface area (Å²) in [6.45, 7) is 9.52. The summed E-state index contributed by atoms with van der Waals surface area (Å²) in [5.41, 5.74) is 2.29. The molecule has 0 unspecified atom stereocenters. The van der Waals surface area contributed by atoms with E-state index in [-0.39, 0.29) is 16.9 Å². The number of aromatic hydroxyl groups is 1. The largest absolute Gasteiger partial charge is 0.508 e. The van der Waals surface area contributed by atoms with Gasteiger partial charge in [-0.1, -0.05) is 26.8 Å².